The van der Waals surface area contributed by atoms with Crippen molar-refractivity contribution >= 4 is 11.3 Å². The van der Waals surface area contributed by atoms with Crippen LogP contribution in [0.1, 0.15) is 45.6 Å². The zero-order valence-electron chi connectivity index (χ0n) is 19.0. The number of benzene rings is 1. The highest BCUT2D eigenvalue weighted by Gasteiger charge is 2.09. The fourth-order valence-electron chi connectivity index (χ4n) is 3.06. The van der Waals surface area contributed by atoms with Crippen molar-refractivity contribution in [2.75, 3.05) is 11.9 Å². The lowest BCUT2D eigenvalue weighted by atomic mass is 10.1. The summed E-state index contributed by atoms with van der Waals surface area (Å²) < 4.78 is 14.7. The molecule has 0 aliphatic rings. The molecule has 0 atom stereocenters. The summed E-state index contributed by atoms with van der Waals surface area (Å²) >= 11 is 0. The average Bonchev–Trinajstić information content (AvgIpc) is 3.16. The van der Waals surface area contributed by atoms with Crippen molar-refractivity contribution < 1.29 is 4.39 Å². The summed E-state index contributed by atoms with van der Waals surface area (Å²) in [6, 6.07) is 18.3. The number of nitrogens with one attached hydrogen (secondary N) is 1. The molecular weight excluding hydrogens is 387 g/mol. The van der Waals surface area contributed by atoms with Crippen LogP contribution in [0.3, 0.4) is 0 Å². The number of hydrogen-bond acceptors (Lipinski definition) is 3. The Kier molecular flexibility index (Phi) is 10.2. The Balaban J connectivity index is 0.000000216. The Bertz CT molecular complexity index is 1010. The third-order valence-corrected chi connectivity index (χ3v) is 4.66. The molecular formula is C26H33FN4. The Hall–Kier alpha value is -3.21. The van der Waals surface area contributed by atoms with E-state index >= 15 is 0 Å². The summed E-state index contributed by atoms with van der Waals surface area (Å²) in [5, 5.41) is 7.77. The lowest BCUT2D eigenvalue weighted by Gasteiger charge is -2.03. The van der Waals surface area contributed by atoms with Gasteiger partial charge in [0.2, 0.25) is 0 Å². The minimum Gasteiger partial charge on any atom is -0.370 e. The molecule has 0 unspecified atom stereocenters. The second-order valence-corrected chi connectivity index (χ2v) is 6.86. The maximum atomic E-state index is 12.9. The molecule has 0 aliphatic carbocycles. The van der Waals surface area contributed by atoms with Gasteiger partial charge in [-0.2, -0.15) is 5.10 Å². The standard InChI is InChI=1S/C14H11FN2.C10H16N2.C2H6/c1-10-13-4-2-3-9-17(13)16-14(10)11-5-7-12(15)8-6-11;1-2-3-5-8-11-10-7-4-6-9-12-10;1-2/h2-9H,1H3;4,6-7,9H,2-3,5,8H2,1H3,(H,11,12);1-2H3. The van der Waals surface area contributed by atoms with Crippen molar-refractivity contribution in [3.63, 3.8) is 0 Å². The number of aryl methyl sites for hydroxylation is 1. The maximum Gasteiger partial charge on any atom is 0.125 e. The third-order valence-electron chi connectivity index (χ3n) is 4.66. The van der Waals surface area contributed by atoms with Crippen LogP contribution in [0.15, 0.2) is 73.1 Å². The van der Waals surface area contributed by atoms with E-state index in [9.17, 15) is 4.39 Å². The molecule has 3 heterocycles. The van der Waals surface area contributed by atoms with Crippen molar-refractivity contribution in [2.24, 2.45) is 0 Å². The van der Waals surface area contributed by atoms with Gasteiger partial charge in [-0.15, -0.1) is 0 Å². The number of pyridine rings is 2. The average molecular weight is 421 g/mol. The van der Waals surface area contributed by atoms with E-state index in [1.807, 2.05) is 74.1 Å². The molecule has 4 aromatic rings. The number of rotatable bonds is 6. The molecule has 0 spiro atoms. The summed E-state index contributed by atoms with van der Waals surface area (Å²) in [7, 11) is 0. The Labute approximate surface area is 185 Å². The van der Waals surface area contributed by atoms with Crippen LogP contribution in [-0.2, 0) is 0 Å². The van der Waals surface area contributed by atoms with Crippen molar-refractivity contribution in [1.82, 2.24) is 14.6 Å². The van der Waals surface area contributed by atoms with Crippen LogP contribution in [0.2, 0.25) is 0 Å². The molecule has 0 saturated carbocycles. The smallest absolute Gasteiger partial charge is 0.125 e. The summed E-state index contributed by atoms with van der Waals surface area (Å²) in [5.74, 6) is 0.753. The zero-order valence-corrected chi connectivity index (χ0v) is 19.0. The molecule has 31 heavy (non-hydrogen) atoms. The number of nitrogens with zero attached hydrogens (tertiary/aromatic N) is 3. The van der Waals surface area contributed by atoms with Gasteiger partial charge in [0.25, 0.3) is 0 Å². The topological polar surface area (TPSA) is 42.2 Å². The van der Waals surface area contributed by atoms with E-state index in [1.165, 1.54) is 31.4 Å². The molecule has 0 amide bonds. The Morgan fingerprint density at radius 2 is 1.68 bits per heavy atom. The van der Waals surface area contributed by atoms with E-state index in [-0.39, 0.29) is 5.82 Å². The van der Waals surface area contributed by atoms with Gasteiger partial charge in [0.15, 0.2) is 0 Å². The fraction of sp³-hybridized carbons (Fsp3) is 0.308. The lowest BCUT2D eigenvalue weighted by Crippen LogP contribution is -2.02. The minimum atomic E-state index is -0.227. The largest absolute Gasteiger partial charge is 0.370 e. The van der Waals surface area contributed by atoms with Crippen molar-refractivity contribution in [3.05, 3.63) is 84.4 Å². The van der Waals surface area contributed by atoms with Crippen LogP contribution in [0.25, 0.3) is 16.8 Å². The van der Waals surface area contributed by atoms with E-state index < -0.39 is 0 Å². The monoisotopic (exact) mass is 420 g/mol. The number of hydrogen-bond donors (Lipinski definition) is 1. The van der Waals surface area contributed by atoms with Crippen LogP contribution in [0.5, 0.6) is 0 Å². The van der Waals surface area contributed by atoms with Crippen molar-refractivity contribution in [3.8, 4) is 11.3 Å². The van der Waals surface area contributed by atoms with Gasteiger partial charge < -0.3 is 5.32 Å². The highest BCUT2D eigenvalue weighted by atomic mass is 19.1. The highest BCUT2D eigenvalue weighted by Crippen LogP contribution is 2.25. The van der Waals surface area contributed by atoms with E-state index in [0.29, 0.717) is 0 Å². The molecule has 0 fully saturated rings. The van der Waals surface area contributed by atoms with Crippen LogP contribution >= 0.6 is 0 Å². The van der Waals surface area contributed by atoms with Crippen LogP contribution in [0.4, 0.5) is 10.2 Å². The molecule has 0 radical (unpaired) electrons. The van der Waals surface area contributed by atoms with Gasteiger partial charge in [-0.3, -0.25) is 0 Å². The summed E-state index contributed by atoms with van der Waals surface area (Å²) in [4.78, 5) is 4.17. The first-order valence-corrected chi connectivity index (χ1v) is 11.0. The van der Waals surface area contributed by atoms with Gasteiger partial charge in [0.1, 0.15) is 11.6 Å². The van der Waals surface area contributed by atoms with E-state index in [0.717, 1.165) is 34.7 Å². The molecule has 0 bridgehead atoms. The number of halogens is 1. The summed E-state index contributed by atoms with van der Waals surface area (Å²) in [6.45, 7) is 9.27. The lowest BCUT2D eigenvalue weighted by molar-refractivity contribution is 0.628. The number of aromatic nitrogens is 3. The number of fused-ring (bicyclic) bond motifs is 1. The van der Waals surface area contributed by atoms with Gasteiger partial charge in [0, 0.05) is 30.1 Å². The van der Waals surface area contributed by atoms with Gasteiger partial charge >= 0.3 is 0 Å². The first-order valence-electron chi connectivity index (χ1n) is 11.0. The summed E-state index contributed by atoms with van der Waals surface area (Å²) in [5.41, 5.74) is 4.02. The first-order chi connectivity index (χ1) is 15.2. The molecule has 1 N–H and O–H groups in total. The normalized spacial score (nSPS) is 9.97. The number of anilines is 1. The highest BCUT2D eigenvalue weighted by molar-refractivity contribution is 5.72. The maximum absolute atomic E-state index is 12.9. The second kappa shape index (κ2) is 13.2. The number of unbranched alkanes of at least 4 members (excludes halogenated alkanes) is 2. The predicted octanol–water partition coefficient (Wildman–Crippen LogP) is 7.16. The van der Waals surface area contributed by atoms with Crippen LogP contribution < -0.4 is 5.32 Å². The van der Waals surface area contributed by atoms with E-state index in [4.69, 9.17) is 0 Å². The molecule has 5 heteroatoms. The quantitative estimate of drug-likeness (QED) is 0.337. The molecule has 0 saturated heterocycles. The van der Waals surface area contributed by atoms with Crippen LogP contribution in [-0.4, -0.2) is 21.1 Å². The van der Waals surface area contributed by atoms with Gasteiger partial charge in [-0.25, -0.2) is 13.9 Å². The molecule has 164 valence electrons. The van der Waals surface area contributed by atoms with Gasteiger partial charge in [0.05, 0.1) is 11.2 Å². The van der Waals surface area contributed by atoms with Gasteiger partial charge in [-0.05, 0) is 61.9 Å². The SMILES string of the molecule is CC.CCCCCNc1ccccn1.Cc1c(-c2ccc(F)cc2)nn2ccccc12. The predicted molar refractivity (Wildman–Crippen MR) is 129 cm³/mol. The Morgan fingerprint density at radius 3 is 2.32 bits per heavy atom. The van der Waals surface area contributed by atoms with E-state index in [2.05, 4.69) is 22.3 Å². The fourth-order valence-corrected chi connectivity index (χ4v) is 3.06. The van der Waals surface area contributed by atoms with Crippen molar-refractivity contribution in [2.45, 2.75) is 47.0 Å². The third kappa shape index (κ3) is 7.21. The first kappa shape index (κ1) is 24.1. The second-order valence-electron chi connectivity index (χ2n) is 6.86. The van der Waals surface area contributed by atoms with Crippen LogP contribution in [0, 0.1) is 12.7 Å². The summed E-state index contributed by atoms with van der Waals surface area (Å²) in [6.07, 6.45) is 7.51. The minimum absolute atomic E-state index is 0.227. The molecule has 1 aromatic carbocycles. The zero-order chi connectivity index (χ0) is 22.5. The van der Waals surface area contributed by atoms with E-state index in [1.54, 1.807) is 12.1 Å². The molecule has 0 aliphatic heterocycles. The van der Waals surface area contributed by atoms with Gasteiger partial charge in [-0.1, -0.05) is 45.7 Å². The molecule has 3 aromatic heterocycles. The Morgan fingerprint density at radius 1 is 0.935 bits per heavy atom. The molecule has 4 nitrogen and oxygen atoms in total. The van der Waals surface area contributed by atoms with Crippen molar-refractivity contribution in [1.29, 1.82) is 0 Å². The molecule has 4 rings (SSSR count).